The molecule has 5 nitrogen and oxygen atoms in total. The fraction of sp³-hybridized carbons (Fsp3) is 0.692. The van der Waals surface area contributed by atoms with Crippen LogP contribution in [0.15, 0.2) is 12.3 Å². The molecule has 1 aliphatic heterocycles. The summed E-state index contributed by atoms with van der Waals surface area (Å²) in [5.74, 6) is 1.62. The van der Waals surface area contributed by atoms with E-state index in [4.69, 9.17) is 0 Å². The third kappa shape index (κ3) is 3.57. The lowest BCUT2D eigenvalue weighted by Gasteiger charge is -2.20. The highest BCUT2D eigenvalue weighted by atomic mass is 15.2. The number of nitrogens with one attached hydrogen (secondary N) is 2. The zero-order valence-corrected chi connectivity index (χ0v) is 11.3. The van der Waals surface area contributed by atoms with Crippen molar-refractivity contribution >= 4 is 11.8 Å². The molecule has 1 saturated heterocycles. The fourth-order valence-electron chi connectivity index (χ4n) is 2.24. The van der Waals surface area contributed by atoms with Crippen molar-refractivity contribution in [1.29, 1.82) is 0 Å². The molecule has 0 bridgehead atoms. The lowest BCUT2D eigenvalue weighted by atomic mass is 10.2. The normalized spacial score (nSPS) is 20.0. The second-order valence-electron chi connectivity index (χ2n) is 4.85. The van der Waals surface area contributed by atoms with Crippen LogP contribution in [-0.4, -0.2) is 47.6 Å². The van der Waals surface area contributed by atoms with Crippen LogP contribution in [0.5, 0.6) is 0 Å². The maximum Gasteiger partial charge on any atom is 0.224 e. The Kier molecular flexibility index (Phi) is 4.75. The van der Waals surface area contributed by atoms with Crippen molar-refractivity contribution in [3.8, 4) is 0 Å². The molecule has 0 saturated carbocycles. The average molecular weight is 249 g/mol. The topological polar surface area (TPSA) is 53.1 Å². The Hall–Kier alpha value is -1.36. The van der Waals surface area contributed by atoms with Gasteiger partial charge in [-0.1, -0.05) is 6.92 Å². The zero-order valence-electron chi connectivity index (χ0n) is 11.3. The van der Waals surface area contributed by atoms with Crippen molar-refractivity contribution < 1.29 is 0 Å². The number of likely N-dealkylation sites (N-methyl/N-ethyl adjacent to an activating group) is 1. The van der Waals surface area contributed by atoms with Gasteiger partial charge in [0.1, 0.15) is 5.82 Å². The third-order valence-corrected chi connectivity index (χ3v) is 3.38. The molecule has 0 amide bonds. The molecule has 2 heterocycles. The minimum atomic E-state index is 0.631. The lowest BCUT2D eigenvalue weighted by Crippen LogP contribution is -2.31. The number of hydrogen-bond donors (Lipinski definition) is 2. The van der Waals surface area contributed by atoms with Crippen LogP contribution < -0.4 is 10.6 Å². The Balaban J connectivity index is 1.84. The van der Waals surface area contributed by atoms with Gasteiger partial charge in [-0.25, -0.2) is 4.98 Å². The molecule has 2 N–H and O–H groups in total. The van der Waals surface area contributed by atoms with E-state index < -0.39 is 0 Å². The number of likely N-dealkylation sites (tertiary alicyclic amines) is 1. The monoisotopic (exact) mass is 249 g/mol. The van der Waals surface area contributed by atoms with Gasteiger partial charge in [-0.05, 0) is 38.9 Å². The van der Waals surface area contributed by atoms with Gasteiger partial charge >= 0.3 is 0 Å². The van der Waals surface area contributed by atoms with Crippen molar-refractivity contribution in [2.75, 3.05) is 37.3 Å². The summed E-state index contributed by atoms with van der Waals surface area (Å²) in [6, 6.07) is 2.55. The molecule has 1 aromatic rings. The molecule has 0 aromatic carbocycles. The van der Waals surface area contributed by atoms with Crippen LogP contribution in [0, 0.1) is 0 Å². The molecule has 100 valence electrons. The molecule has 0 spiro atoms. The second-order valence-corrected chi connectivity index (χ2v) is 4.85. The molecular weight excluding hydrogens is 226 g/mol. The Bertz CT molecular complexity index is 368. The van der Waals surface area contributed by atoms with Crippen LogP contribution in [0.25, 0.3) is 0 Å². The number of rotatable bonds is 6. The number of hydrogen-bond acceptors (Lipinski definition) is 5. The Morgan fingerprint density at radius 2 is 2.33 bits per heavy atom. The Morgan fingerprint density at radius 3 is 3.06 bits per heavy atom. The molecule has 1 unspecified atom stereocenters. The summed E-state index contributed by atoms with van der Waals surface area (Å²) in [5.41, 5.74) is 0. The summed E-state index contributed by atoms with van der Waals surface area (Å²) >= 11 is 0. The summed E-state index contributed by atoms with van der Waals surface area (Å²) in [6.45, 7) is 5.21. The van der Waals surface area contributed by atoms with Crippen LogP contribution in [-0.2, 0) is 0 Å². The van der Waals surface area contributed by atoms with Gasteiger partial charge in [0.15, 0.2) is 0 Å². The van der Waals surface area contributed by atoms with Gasteiger partial charge in [0, 0.05) is 25.3 Å². The van der Waals surface area contributed by atoms with E-state index in [1.54, 1.807) is 6.20 Å². The van der Waals surface area contributed by atoms with Crippen LogP contribution >= 0.6 is 0 Å². The third-order valence-electron chi connectivity index (χ3n) is 3.38. The summed E-state index contributed by atoms with van der Waals surface area (Å²) < 4.78 is 0. The molecule has 1 fully saturated rings. The predicted octanol–water partition coefficient (Wildman–Crippen LogP) is 1.80. The van der Waals surface area contributed by atoms with Gasteiger partial charge in [0.05, 0.1) is 0 Å². The van der Waals surface area contributed by atoms with Gasteiger partial charge < -0.3 is 15.5 Å². The molecule has 18 heavy (non-hydrogen) atoms. The standard InChI is InChI=1S/C13H23N5/c1-3-7-14-13-15-8-6-12(17-13)16-10-11-5-4-9-18(11)2/h6,8,11H,3-5,7,9-10H2,1-2H3,(H2,14,15,16,17). The van der Waals surface area contributed by atoms with Crippen LogP contribution in [0.4, 0.5) is 11.8 Å². The number of aromatic nitrogens is 2. The quantitative estimate of drug-likeness (QED) is 0.805. The first-order valence-electron chi connectivity index (χ1n) is 6.80. The molecule has 1 aromatic heterocycles. The Morgan fingerprint density at radius 1 is 1.44 bits per heavy atom. The first-order valence-corrected chi connectivity index (χ1v) is 6.80. The summed E-state index contributed by atoms with van der Waals surface area (Å²) in [7, 11) is 2.19. The van der Waals surface area contributed by atoms with Gasteiger partial charge in [-0.3, -0.25) is 0 Å². The lowest BCUT2D eigenvalue weighted by molar-refractivity contribution is 0.322. The van der Waals surface area contributed by atoms with Gasteiger partial charge in [0.25, 0.3) is 0 Å². The minimum absolute atomic E-state index is 0.631. The Labute approximate surface area is 109 Å². The van der Waals surface area contributed by atoms with E-state index in [-0.39, 0.29) is 0 Å². The summed E-state index contributed by atoms with van der Waals surface area (Å²) in [4.78, 5) is 11.1. The highest BCUT2D eigenvalue weighted by Gasteiger charge is 2.20. The van der Waals surface area contributed by atoms with E-state index in [0.29, 0.717) is 12.0 Å². The minimum Gasteiger partial charge on any atom is -0.368 e. The molecule has 1 aliphatic rings. The van der Waals surface area contributed by atoms with E-state index in [9.17, 15) is 0 Å². The van der Waals surface area contributed by atoms with E-state index >= 15 is 0 Å². The molecule has 0 radical (unpaired) electrons. The largest absolute Gasteiger partial charge is 0.368 e. The average Bonchev–Trinajstić information content (AvgIpc) is 2.80. The van der Waals surface area contributed by atoms with Crippen LogP contribution in [0.1, 0.15) is 26.2 Å². The first-order chi connectivity index (χ1) is 8.79. The van der Waals surface area contributed by atoms with Crippen molar-refractivity contribution in [3.05, 3.63) is 12.3 Å². The summed E-state index contributed by atoms with van der Waals surface area (Å²) in [5, 5.41) is 6.60. The molecule has 5 heteroatoms. The van der Waals surface area contributed by atoms with Crippen LogP contribution in [0.3, 0.4) is 0 Å². The van der Waals surface area contributed by atoms with E-state index in [1.807, 2.05) is 6.07 Å². The maximum absolute atomic E-state index is 4.44. The number of nitrogens with zero attached hydrogens (tertiary/aromatic N) is 3. The van der Waals surface area contributed by atoms with E-state index in [1.165, 1.54) is 19.4 Å². The van der Waals surface area contributed by atoms with Gasteiger partial charge in [-0.2, -0.15) is 4.98 Å². The highest BCUT2D eigenvalue weighted by molar-refractivity contribution is 5.39. The van der Waals surface area contributed by atoms with Gasteiger partial charge in [-0.15, -0.1) is 0 Å². The fourth-order valence-corrected chi connectivity index (χ4v) is 2.24. The van der Waals surface area contributed by atoms with Crippen molar-refractivity contribution in [2.45, 2.75) is 32.2 Å². The highest BCUT2D eigenvalue weighted by Crippen LogP contribution is 2.15. The maximum atomic E-state index is 4.44. The second kappa shape index (κ2) is 6.54. The number of anilines is 2. The molecular formula is C13H23N5. The van der Waals surface area contributed by atoms with Crippen molar-refractivity contribution in [1.82, 2.24) is 14.9 Å². The van der Waals surface area contributed by atoms with Crippen LogP contribution in [0.2, 0.25) is 0 Å². The predicted molar refractivity (Wildman–Crippen MR) is 75.0 cm³/mol. The van der Waals surface area contributed by atoms with Crippen molar-refractivity contribution in [3.63, 3.8) is 0 Å². The zero-order chi connectivity index (χ0) is 12.8. The van der Waals surface area contributed by atoms with Crippen molar-refractivity contribution in [2.24, 2.45) is 0 Å². The molecule has 0 aliphatic carbocycles. The smallest absolute Gasteiger partial charge is 0.224 e. The molecule has 1 atom stereocenters. The first kappa shape index (κ1) is 13.1. The summed E-state index contributed by atoms with van der Waals surface area (Å²) in [6.07, 6.45) is 5.45. The van der Waals surface area contributed by atoms with Gasteiger partial charge in [0.2, 0.25) is 5.95 Å². The SMILES string of the molecule is CCCNc1nccc(NCC2CCCN2C)n1. The molecule has 2 rings (SSSR count). The van der Waals surface area contributed by atoms with E-state index in [2.05, 4.69) is 39.5 Å². The van der Waals surface area contributed by atoms with E-state index in [0.717, 1.165) is 25.3 Å².